The second kappa shape index (κ2) is 11.3. The minimum absolute atomic E-state index is 0.301. The number of benzene rings is 4. The number of aryl methyl sites for hydroxylation is 3. The zero-order valence-corrected chi connectivity index (χ0v) is 25.8. The van der Waals surface area contributed by atoms with E-state index in [4.69, 9.17) is 19.4 Å². The molecule has 2 aromatic heterocycles. The fourth-order valence-corrected chi connectivity index (χ4v) is 5.57. The topological polar surface area (TPSA) is 71.2 Å². The summed E-state index contributed by atoms with van der Waals surface area (Å²) in [5.41, 5.74) is 7.68. The van der Waals surface area contributed by atoms with Gasteiger partial charge in [-0.3, -0.25) is 0 Å². The molecule has 0 saturated heterocycles. The van der Waals surface area contributed by atoms with Crippen LogP contribution in [0, 0.1) is 12.7 Å². The molecule has 6 rings (SSSR count). The maximum absolute atomic E-state index is 13.9. The Morgan fingerprint density at radius 1 is 0.909 bits per heavy atom. The highest BCUT2D eigenvalue weighted by atomic mass is 19.1. The van der Waals surface area contributed by atoms with Crippen molar-refractivity contribution in [3.05, 3.63) is 102 Å². The van der Waals surface area contributed by atoms with Crippen LogP contribution in [0.5, 0.6) is 5.75 Å². The van der Waals surface area contributed by atoms with E-state index in [0.717, 1.165) is 62.4 Å². The molecule has 2 heterocycles. The molecule has 0 saturated carbocycles. The molecule has 0 fully saturated rings. The zero-order chi connectivity index (χ0) is 31.2. The summed E-state index contributed by atoms with van der Waals surface area (Å²) in [6.07, 6.45) is 0.0452. The van der Waals surface area contributed by atoms with Crippen LogP contribution in [0.25, 0.3) is 44.6 Å². The molecule has 0 amide bonds. The Morgan fingerprint density at radius 2 is 1.66 bits per heavy atom. The summed E-state index contributed by atoms with van der Waals surface area (Å²) in [4.78, 5) is 22.1. The van der Waals surface area contributed by atoms with Gasteiger partial charge < -0.3 is 18.6 Å². The molecule has 7 nitrogen and oxygen atoms in total. The number of halogens is 1. The average Bonchev–Trinajstić information content (AvgIpc) is 3.49. The van der Waals surface area contributed by atoms with Crippen molar-refractivity contribution < 1.29 is 18.7 Å². The fraction of sp³-hybridized carbons (Fsp3) is 0.250. The van der Waals surface area contributed by atoms with Crippen molar-refractivity contribution in [3.63, 3.8) is 0 Å². The number of fused-ring (bicyclic) bond motifs is 2. The van der Waals surface area contributed by atoms with E-state index in [1.54, 1.807) is 32.9 Å². The molecule has 0 radical (unpaired) electrons. The van der Waals surface area contributed by atoms with Crippen LogP contribution in [0.1, 0.15) is 44.6 Å². The number of carbonyl (C=O) groups excluding carboxylic acids is 1. The fourth-order valence-electron chi connectivity index (χ4n) is 5.57. The number of aromatic nitrogens is 4. The van der Waals surface area contributed by atoms with Crippen molar-refractivity contribution in [2.45, 2.75) is 53.2 Å². The summed E-state index contributed by atoms with van der Waals surface area (Å²) in [6.45, 7) is 10.2. The van der Waals surface area contributed by atoms with Crippen LogP contribution >= 0.6 is 0 Å². The normalized spacial score (nSPS) is 11.8. The van der Waals surface area contributed by atoms with Crippen LogP contribution in [0.4, 0.5) is 9.18 Å². The molecular weight excluding hydrogens is 555 g/mol. The third kappa shape index (κ3) is 5.67. The number of hydrogen-bond donors (Lipinski definition) is 0. The van der Waals surface area contributed by atoms with Crippen LogP contribution in [-0.4, -0.2) is 30.9 Å². The molecule has 0 aliphatic carbocycles. The summed E-state index contributed by atoms with van der Waals surface area (Å²) >= 11 is 0. The Labute approximate surface area is 255 Å². The van der Waals surface area contributed by atoms with Gasteiger partial charge in [0.25, 0.3) is 0 Å². The number of ether oxygens (including phenoxy) is 2. The monoisotopic (exact) mass is 590 g/mol. The molecule has 44 heavy (non-hydrogen) atoms. The van der Waals surface area contributed by atoms with Gasteiger partial charge in [-0.15, -0.1) is 0 Å². The minimum Gasteiger partial charge on any atom is -0.428 e. The minimum atomic E-state index is -0.735. The highest BCUT2D eigenvalue weighted by Crippen LogP contribution is 2.33. The predicted octanol–water partition coefficient (Wildman–Crippen LogP) is 8.63. The lowest BCUT2D eigenvalue weighted by atomic mass is 10.0. The number of imidazole rings is 2. The first-order valence-corrected chi connectivity index (χ1v) is 14.7. The van der Waals surface area contributed by atoms with Crippen molar-refractivity contribution in [1.82, 2.24) is 19.1 Å². The number of rotatable bonds is 6. The Kier molecular flexibility index (Phi) is 7.45. The second-order valence-corrected chi connectivity index (χ2v) is 12.0. The van der Waals surface area contributed by atoms with E-state index >= 15 is 0 Å². The third-order valence-corrected chi connectivity index (χ3v) is 7.62. The quantitative estimate of drug-likeness (QED) is 0.143. The largest absolute Gasteiger partial charge is 0.514 e. The first kappa shape index (κ1) is 29.1. The lowest BCUT2D eigenvalue weighted by Crippen LogP contribution is -2.26. The molecule has 4 aromatic carbocycles. The van der Waals surface area contributed by atoms with Crippen LogP contribution in [-0.2, 0) is 24.8 Å². The number of nitrogens with zero attached hydrogens (tertiary/aromatic N) is 4. The Hall–Kier alpha value is -4.98. The molecule has 224 valence electrons. The lowest BCUT2D eigenvalue weighted by Gasteiger charge is -2.19. The SMILES string of the molecule is CCc1nc2c(C)cc(-c3nc4cc(F)ccc4n3C)cc2n1Cc1ccc(-c2ccccc2OC(=O)OC(C)(C)C)cc1. The number of carbonyl (C=O) groups is 1. The van der Waals surface area contributed by atoms with Crippen molar-refractivity contribution in [2.75, 3.05) is 0 Å². The molecule has 0 unspecified atom stereocenters. The van der Waals surface area contributed by atoms with E-state index in [1.807, 2.05) is 41.9 Å². The average molecular weight is 591 g/mol. The second-order valence-electron chi connectivity index (χ2n) is 12.0. The highest BCUT2D eigenvalue weighted by Gasteiger charge is 2.20. The van der Waals surface area contributed by atoms with Gasteiger partial charge >= 0.3 is 6.16 Å². The third-order valence-electron chi connectivity index (χ3n) is 7.62. The maximum atomic E-state index is 13.9. The number of hydrogen-bond acceptors (Lipinski definition) is 5. The van der Waals surface area contributed by atoms with Crippen molar-refractivity contribution in [3.8, 4) is 28.3 Å². The van der Waals surface area contributed by atoms with Gasteiger partial charge in [0.1, 0.15) is 28.8 Å². The first-order valence-electron chi connectivity index (χ1n) is 14.7. The molecule has 0 atom stereocenters. The summed E-state index contributed by atoms with van der Waals surface area (Å²) in [5, 5.41) is 0. The van der Waals surface area contributed by atoms with Gasteiger partial charge in [-0.25, -0.2) is 19.2 Å². The summed E-state index contributed by atoms with van der Waals surface area (Å²) in [5.74, 6) is 1.91. The smallest absolute Gasteiger partial charge is 0.428 e. The molecule has 0 bridgehead atoms. The van der Waals surface area contributed by atoms with Gasteiger partial charge in [0.2, 0.25) is 0 Å². The van der Waals surface area contributed by atoms with Crippen LogP contribution in [0.3, 0.4) is 0 Å². The molecule has 0 spiro atoms. The van der Waals surface area contributed by atoms with Crippen molar-refractivity contribution in [1.29, 1.82) is 0 Å². The van der Waals surface area contributed by atoms with Gasteiger partial charge in [0.05, 0.1) is 22.1 Å². The van der Waals surface area contributed by atoms with E-state index in [2.05, 4.69) is 42.7 Å². The summed E-state index contributed by atoms with van der Waals surface area (Å²) < 4.78 is 29.1. The standard InChI is InChI=1S/C36H35FN4O3/c1-7-32-39-33-22(2)18-25(34-38-28-20-26(37)16-17-29(28)40(34)6)19-30(33)41(32)21-23-12-14-24(15-13-23)27-10-8-9-11-31(27)43-35(42)44-36(3,4)5/h8-20H,7,21H2,1-6H3. The Balaban J connectivity index is 1.33. The van der Waals surface area contributed by atoms with Crippen molar-refractivity contribution in [2.24, 2.45) is 7.05 Å². The molecular formula is C36H35FN4O3. The van der Waals surface area contributed by atoms with Gasteiger partial charge in [0, 0.05) is 37.2 Å². The van der Waals surface area contributed by atoms with Gasteiger partial charge in [-0.1, -0.05) is 49.4 Å². The van der Waals surface area contributed by atoms with E-state index in [0.29, 0.717) is 17.8 Å². The van der Waals surface area contributed by atoms with Gasteiger partial charge in [0.15, 0.2) is 0 Å². The summed E-state index contributed by atoms with van der Waals surface area (Å²) in [7, 11) is 1.95. The van der Waals surface area contributed by atoms with E-state index in [9.17, 15) is 9.18 Å². The highest BCUT2D eigenvalue weighted by molar-refractivity contribution is 5.87. The molecule has 8 heteroatoms. The van der Waals surface area contributed by atoms with E-state index in [-0.39, 0.29) is 5.82 Å². The molecule has 6 aromatic rings. The zero-order valence-electron chi connectivity index (χ0n) is 25.8. The lowest BCUT2D eigenvalue weighted by molar-refractivity contribution is 0.0207. The molecule has 0 aliphatic heterocycles. The number of para-hydroxylation sites is 1. The van der Waals surface area contributed by atoms with Crippen LogP contribution in [0.2, 0.25) is 0 Å². The Morgan fingerprint density at radius 3 is 2.39 bits per heavy atom. The van der Waals surface area contributed by atoms with E-state index < -0.39 is 11.8 Å². The molecule has 0 aliphatic rings. The summed E-state index contributed by atoms with van der Waals surface area (Å²) in [6, 6.07) is 24.6. The predicted molar refractivity (Wildman–Crippen MR) is 171 cm³/mol. The molecule has 0 N–H and O–H groups in total. The maximum Gasteiger partial charge on any atom is 0.514 e. The van der Waals surface area contributed by atoms with E-state index in [1.165, 1.54) is 12.1 Å². The van der Waals surface area contributed by atoms with Crippen LogP contribution in [0.15, 0.2) is 78.9 Å². The van der Waals surface area contributed by atoms with Gasteiger partial charge in [-0.05, 0) is 74.7 Å². The van der Waals surface area contributed by atoms with Crippen molar-refractivity contribution >= 4 is 28.2 Å². The first-order chi connectivity index (χ1) is 21.0. The van der Waals surface area contributed by atoms with Crippen LogP contribution < -0.4 is 4.74 Å². The Bertz CT molecular complexity index is 2020. The van der Waals surface area contributed by atoms with Gasteiger partial charge in [-0.2, -0.15) is 0 Å².